The molecule has 25 heavy (non-hydrogen) atoms. The largest absolute Gasteiger partial charge is 0.493 e. The molecule has 2 N–H and O–H groups in total. The second kappa shape index (κ2) is 8.16. The van der Waals surface area contributed by atoms with Crippen LogP contribution in [-0.4, -0.2) is 26.0 Å². The zero-order valence-corrected chi connectivity index (χ0v) is 15.2. The number of nitrogens with one attached hydrogen (secondary N) is 2. The average Bonchev–Trinajstić information content (AvgIpc) is 2.66. The molecule has 6 heteroatoms. The van der Waals surface area contributed by atoms with Gasteiger partial charge in [-0.3, -0.25) is 0 Å². The van der Waals surface area contributed by atoms with Crippen LogP contribution in [0, 0.1) is 0 Å². The molecule has 132 valence electrons. The van der Waals surface area contributed by atoms with Crippen LogP contribution in [0.5, 0.6) is 11.5 Å². The summed E-state index contributed by atoms with van der Waals surface area (Å²) in [5.74, 6) is 2.34. The highest BCUT2D eigenvalue weighted by Crippen LogP contribution is 2.35. The minimum atomic E-state index is -0.165. The van der Waals surface area contributed by atoms with E-state index in [1.807, 2.05) is 42.1 Å². The van der Waals surface area contributed by atoms with E-state index in [0.29, 0.717) is 18.0 Å². The first kappa shape index (κ1) is 17.5. The van der Waals surface area contributed by atoms with Crippen molar-refractivity contribution in [1.82, 2.24) is 10.6 Å². The number of carbonyl (C=O) groups excluding carboxylic acids is 1. The summed E-state index contributed by atoms with van der Waals surface area (Å²) in [5.41, 5.74) is 2.15. The van der Waals surface area contributed by atoms with E-state index in [-0.39, 0.29) is 12.1 Å². The van der Waals surface area contributed by atoms with E-state index in [0.717, 1.165) is 17.7 Å². The number of rotatable bonds is 5. The Morgan fingerprint density at radius 1 is 1.16 bits per heavy atom. The van der Waals surface area contributed by atoms with Gasteiger partial charge in [0, 0.05) is 17.2 Å². The van der Waals surface area contributed by atoms with Crippen molar-refractivity contribution in [2.75, 3.05) is 20.0 Å². The zero-order valence-electron chi connectivity index (χ0n) is 14.4. The number of methoxy groups -OCH3 is 2. The van der Waals surface area contributed by atoms with Gasteiger partial charge in [-0.05, 0) is 35.7 Å². The minimum absolute atomic E-state index is 0.0582. The topological polar surface area (TPSA) is 59.6 Å². The lowest BCUT2D eigenvalue weighted by Gasteiger charge is -2.26. The van der Waals surface area contributed by atoms with Crippen molar-refractivity contribution in [3.8, 4) is 11.5 Å². The first-order valence-electron chi connectivity index (χ1n) is 8.18. The molecule has 0 unspecified atom stereocenters. The molecule has 0 fully saturated rings. The number of amides is 2. The minimum Gasteiger partial charge on any atom is -0.493 e. The summed E-state index contributed by atoms with van der Waals surface area (Å²) >= 11 is 1.84. The third kappa shape index (κ3) is 4.20. The van der Waals surface area contributed by atoms with E-state index >= 15 is 0 Å². The Labute approximate surface area is 152 Å². The van der Waals surface area contributed by atoms with E-state index in [1.54, 1.807) is 14.2 Å². The molecule has 0 saturated carbocycles. The van der Waals surface area contributed by atoms with Crippen LogP contribution in [0.25, 0.3) is 0 Å². The van der Waals surface area contributed by atoms with Gasteiger partial charge in [-0.25, -0.2) is 4.79 Å². The highest BCUT2D eigenvalue weighted by atomic mass is 32.2. The predicted molar refractivity (Wildman–Crippen MR) is 99.4 cm³/mol. The Morgan fingerprint density at radius 3 is 2.76 bits per heavy atom. The molecule has 2 amide bonds. The van der Waals surface area contributed by atoms with Gasteiger partial charge in [0.2, 0.25) is 0 Å². The van der Waals surface area contributed by atoms with Gasteiger partial charge in [-0.2, -0.15) is 0 Å². The van der Waals surface area contributed by atoms with Crippen LogP contribution in [0.1, 0.15) is 23.6 Å². The highest BCUT2D eigenvalue weighted by molar-refractivity contribution is 7.99. The smallest absolute Gasteiger partial charge is 0.315 e. The van der Waals surface area contributed by atoms with Crippen molar-refractivity contribution in [2.24, 2.45) is 0 Å². The van der Waals surface area contributed by atoms with E-state index in [4.69, 9.17) is 9.47 Å². The molecular weight excluding hydrogens is 336 g/mol. The van der Waals surface area contributed by atoms with Crippen molar-refractivity contribution in [2.45, 2.75) is 23.9 Å². The molecule has 0 radical (unpaired) electrons. The number of hydrogen-bond donors (Lipinski definition) is 2. The van der Waals surface area contributed by atoms with Crippen LogP contribution in [0.3, 0.4) is 0 Å². The Kier molecular flexibility index (Phi) is 5.71. The van der Waals surface area contributed by atoms with Gasteiger partial charge in [0.15, 0.2) is 11.5 Å². The normalized spacial score (nSPS) is 15.8. The summed E-state index contributed by atoms with van der Waals surface area (Å²) in [6, 6.07) is 13.7. The van der Waals surface area contributed by atoms with Gasteiger partial charge >= 0.3 is 6.03 Å². The molecule has 1 aliphatic rings. The van der Waals surface area contributed by atoms with Crippen molar-refractivity contribution in [1.29, 1.82) is 0 Å². The first-order valence-corrected chi connectivity index (χ1v) is 9.17. The third-order valence-electron chi connectivity index (χ3n) is 4.16. The summed E-state index contributed by atoms with van der Waals surface area (Å²) < 4.78 is 10.5. The number of hydrogen-bond acceptors (Lipinski definition) is 4. The highest BCUT2D eigenvalue weighted by Gasteiger charge is 2.21. The SMILES string of the molecule is COc1ccc(CNC(=O)N[C@H]2CCSc3ccccc32)cc1OC. The molecule has 0 aromatic heterocycles. The monoisotopic (exact) mass is 358 g/mol. The number of carbonyl (C=O) groups is 1. The molecule has 0 aliphatic carbocycles. The van der Waals surface area contributed by atoms with Crippen molar-refractivity contribution in [3.63, 3.8) is 0 Å². The van der Waals surface area contributed by atoms with Gasteiger partial charge < -0.3 is 20.1 Å². The third-order valence-corrected chi connectivity index (χ3v) is 5.29. The number of thioether (sulfide) groups is 1. The number of benzene rings is 2. The Balaban J connectivity index is 1.59. The summed E-state index contributed by atoms with van der Waals surface area (Å²) in [6.07, 6.45) is 0.936. The Morgan fingerprint density at radius 2 is 1.96 bits per heavy atom. The Bertz CT molecular complexity index is 751. The molecule has 1 atom stereocenters. The standard InChI is InChI=1S/C19H22N2O3S/c1-23-16-8-7-13(11-17(16)24-2)12-20-19(22)21-15-9-10-25-18-6-4-3-5-14(15)18/h3-8,11,15H,9-10,12H2,1-2H3,(H2,20,21,22)/t15-/m0/s1. The van der Waals surface area contributed by atoms with Crippen LogP contribution in [0.15, 0.2) is 47.4 Å². The number of urea groups is 1. The molecule has 1 aliphatic heterocycles. The summed E-state index contributed by atoms with van der Waals surface area (Å²) in [6.45, 7) is 0.426. The molecular formula is C19H22N2O3S. The molecule has 0 bridgehead atoms. The van der Waals surface area contributed by atoms with Crippen molar-refractivity contribution < 1.29 is 14.3 Å². The van der Waals surface area contributed by atoms with Crippen LogP contribution >= 0.6 is 11.8 Å². The summed E-state index contributed by atoms with van der Waals surface area (Å²) in [5, 5.41) is 5.99. The lowest BCUT2D eigenvalue weighted by Crippen LogP contribution is -2.38. The molecule has 5 nitrogen and oxygen atoms in total. The van der Waals surface area contributed by atoms with E-state index in [9.17, 15) is 4.79 Å². The van der Waals surface area contributed by atoms with Crippen LogP contribution in [0.2, 0.25) is 0 Å². The predicted octanol–water partition coefficient (Wildman–Crippen LogP) is 3.74. The van der Waals surface area contributed by atoms with Crippen LogP contribution in [0.4, 0.5) is 4.79 Å². The van der Waals surface area contributed by atoms with Gasteiger partial charge in [0.1, 0.15) is 0 Å². The van der Waals surface area contributed by atoms with Gasteiger partial charge in [-0.1, -0.05) is 24.3 Å². The fraction of sp³-hybridized carbons (Fsp3) is 0.316. The van der Waals surface area contributed by atoms with E-state index < -0.39 is 0 Å². The fourth-order valence-electron chi connectivity index (χ4n) is 2.87. The maximum atomic E-state index is 12.3. The molecule has 2 aromatic carbocycles. The second-order valence-electron chi connectivity index (χ2n) is 5.74. The maximum Gasteiger partial charge on any atom is 0.315 e. The van der Waals surface area contributed by atoms with Crippen LogP contribution in [-0.2, 0) is 6.54 Å². The average molecular weight is 358 g/mol. The fourth-order valence-corrected chi connectivity index (χ4v) is 4.00. The lowest BCUT2D eigenvalue weighted by molar-refractivity contribution is 0.236. The Hall–Kier alpha value is -2.34. The summed E-state index contributed by atoms with van der Waals surface area (Å²) in [7, 11) is 3.20. The van der Waals surface area contributed by atoms with Crippen molar-refractivity contribution >= 4 is 17.8 Å². The second-order valence-corrected chi connectivity index (χ2v) is 6.88. The molecule has 2 aromatic rings. The van der Waals surface area contributed by atoms with E-state index in [2.05, 4.69) is 22.8 Å². The van der Waals surface area contributed by atoms with Crippen molar-refractivity contribution in [3.05, 3.63) is 53.6 Å². The quantitative estimate of drug-likeness (QED) is 0.855. The zero-order chi connectivity index (χ0) is 17.6. The van der Waals surface area contributed by atoms with Crippen LogP contribution < -0.4 is 20.1 Å². The van der Waals surface area contributed by atoms with Gasteiger partial charge in [0.05, 0.1) is 20.3 Å². The summed E-state index contributed by atoms with van der Waals surface area (Å²) in [4.78, 5) is 13.5. The number of ether oxygens (including phenoxy) is 2. The van der Waals surface area contributed by atoms with Gasteiger partial charge in [0.25, 0.3) is 0 Å². The lowest BCUT2D eigenvalue weighted by atomic mass is 10.0. The van der Waals surface area contributed by atoms with Gasteiger partial charge in [-0.15, -0.1) is 11.8 Å². The molecule has 0 spiro atoms. The van der Waals surface area contributed by atoms with E-state index in [1.165, 1.54) is 10.5 Å². The maximum absolute atomic E-state index is 12.3. The first-order chi connectivity index (χ1) is 12.2. The molecule has 3 rings (SSSR count). The molecule has 1 heterocycles. The molecule has 0 saturated heterocycles. The number of fused-ring (bicyclic) bond motifs is 1.